The summed E-state index contributed by atoms with van der Waals surface area (Å²) >= 11 is 9.08. The van der Waals surface area contributed by atoms with Crippen LogP contribution in [-0.2, 0) is 15.3 Å². The summed E-state index contributed by atoms with van der Waals surface area (Å²) < 4.78 is 2.34. The third-order valence-corrected chi connectivity index (χ3v) is 9.71. The van der Waals surface area contributed by atoms with Crippen molar-refractivity contribution >= 4 is 73.7 Å². The highest BCUT2D eigenvalue weighted by Gasteiger charge is 2.49. The van der Waals surface area contributed by atoms with E-state index >= 15 is 0 Å². The van der Waals surface area contributed by atoms with Crippen LogP contribution in [0.3, 0.4) is 0 Å². The fourth-order valence-corrected chi connectivity index (χ4v) is 7.53. The third-order valence-electron chi connectivity index (χ3n) is 7.37. The first-order valence-corrected chi connectivity index (χ1v) is 15.5. The van der Waals surface area contributed by atoms with Gasteiger partial charge in [-0.25, -0.2) is 4.98 Å². The number of rotatable bonds is 6. The van der Waals surface area contributed by atoms with Gasteiger partial charge in [-0.05, 0) is 53.1 Å². The molecule has 3 aromatic carbocycles. The normalized spacial score (nSPS) is 16.5. The van der Waals surface area contributed by atoms with Gasteiger partial charge in [-0.1, -0.05) is 95.4 Å². The van der Waals surface area contributed by atoms with Crippen molar-refractivity contribution in [3.8, 4) is 0 Å². The van der Waals surface area contributed by atoms with Crippen LogP contribution in [0.4, 0.5) is 5.13 Å². The Morgan fingerprint density at radius 3 is 2.65 bits per heavy atom. The molecule has 0 spiro atoms. The smallest absolute Gasteiger partial charge is 0.301 e. The van der Waals surface area contributed by atoms with Crippen molar-refractivity contribution in [2.75, 3.05) is 4.90 Å². The summed E-state index contributed by atoms with van der Waals surface area (Å²) in [5.41, 5.74) is 3.10. The number of thioether (sulfide) groups is 1. The van der Waals surface area contributed by atoms with E-state index < -0.39 is 17.7 Å². The number of imidazole rings is 1. The van der Waals surface area contributed by atoms with Crippen molar-refractivity contribution in [1.29, 1.82) is 0 Å². The number of carbonyl (C=O) groups excluding carboxylic acids is 2. The van der Waals surface area contributed by atoms with E-state index in [0.717, 1.165) is 16.3 Å². The van der Waals surface area contributed by atoms with Gasteiger partial charge in [-0.15, -0.1) is 10.2 Å². The number of Topliss-reactive ketones (excluding diaryl/α,β-unsaturated/α-hetero) is 1. The average Bonchev–Trinajstić information content (AvgIpc) is 3.69. The molecule has 6 aromatic rings. The predicted molar refractivity (Wildman–Crippen MR) is 170 cm³/mol. The van der Waals surface area contributed by atoms with Gasteiger partial charge in [-0.3, -0.25) is 18.9 Å². The zero-order valence-corrected chi connectivity index (χ0v) is 25.0. The maximum Gasteiger partial charge on any atom is 0.301 e. The molecule has 0 saturated carbocycles. The third kappa shape index (κ3) is 4.77. The van der Waals surface area contributed by atoms with Gasteiger partial charge in [0, 0.05) is 17.0 Å². The number of nitrogens with zero attached hydrogens (tertiary/aromatic N) is 5. The number of aromatic nitrogens is 4. The highest BCUT2D eigenvalue weighted by atomic mass is 35.5. The molecule has 3 aromatic heterocycles. The van der Waals surface area contributed by atoms with E-state index in [-0.39, 0.29) is 16.5 Å². The number of fused-ring (bicyclic) bond motifs is 2. The van der Waals surface area contributed by atoms with Crippen molar-refractivity contribution in [3.63, 3.8) is 0 Å². The van der Waals surface area contributed by atoms with Gasteiger partial charge >= 0.3 is 5.91 Å². The maximum absolute atomic E-state index is 13.7. The number of hydrogen-bond acceptors (Lipinski definition) is 8. The topological polar surface area (TPSA) is 101 Å². The van der Waals surface area contributed by atoms with Crippen LogP contribution in [-0.4, -0.2) is 36.4 Å². The van der Waals surface area contributed by atoms with E-state index in [2.05, 4.69) is 39.4 Å². The second kappa shape index (κ2) is 11.0. The van der Waals surface area contributed by atoms with Crippen LogP contribution in [0.5, 0.6) is 0 Å². The number of aliphatic hydroxyl groups excluding tert-OH is 1. The lowest BCUT2D eigenvalue weighted by Gasteiger charge is -2.22. The summed E-state index contributed by atoms with van der Waals surface area (Å²) in [5.74, 6) is -1.30. The van der Waals surface area contributed by atoms with Crippen molar-refractivity contribution in [3.05, 3.63) is 124 Å². The summed E-state index contributed by atoms with van der Waals surface area (Å²) in [5, 5.41) is 23.4. The number of ketones is 1. The minimum absolute atomic E-state index is 0.0684. The van der Waals surface area contributed by atoms with Gasteiger partial charge in [0.2, 0.25) is 5.13 Å². The first-order valence-electron chi connectivity index (χ1n) is 13.3. The molecular formula is C32H22ClN5O3S2. The molecule has 1 amide bonds. The Kier molecular flexibility index (Phi) is 6.97. The molecular weight excluding hydrogens is 602 g/mol. The summed E-state index contributed by atoms with van der Waals surface area (Å²) in [6, 6.07) is 25.7. The van der Waals surface area contributed by atoms with Gasteiger partial charge < -0.3 is 5.11 Å². The van der Waals surface area contributed by atoms with Gasteiger partial charge in [0.15, 0.2) is 10.1 Å². The molecule has 7 rings (SSSR count). The first-order chi connectivity index (χ1) is 20.9. The molecule has 0 bridgehead atoms. The highest BCUT2D eigenvalue weighted by Crippen LogP contribution is 2.45. The van der Waals surface area contributed by atoms with Gasteiger partial charge in [-0.2, -0.15) is 0 Å². The fraction of sp³-hybridized carbons (Fsp3) is 0.0938. The molecule has 43 heavy (non-hydrogen) atoms. The molecule has 8 nitrogen and oxygen atoms in total. The maximum atomic E-state index is 13.7. The lowest BCUT2D eigenvalue weighted by Crippen LogP contribution is -2.29. The molecule has 1 saturated heterocycles. The molecule has 11 heteroatoms. The number of halogens is 1. The Balaban J connectivity index is 1.29. The Morgan fingerprint density at radius 2 is 1.79 bits per heavy atom. The molecule has 0 radical (unpaired) electrons. The molecule has 1 fully saturated rings. The zero-order chi connectivity index (χ0) is 29.7. The lowest BCUT2D eigenvalue weighted by molar-refractivity contribution is -0.132. The summed E-state index contributed by atoms with van der Waals surface area (Å²) in [6.45, 7) is 1.75. The SMILES string of the molecule is Cc1nc2ccccn2c1C(O)=C1C(=O)C(=O)N(c2nnc(SCc3cccc4ccccc34)s2)C1c1cccc(Cl)c1. The average molecular weight is 624 g/mol. The van der Waals surface area contributed by atoms with Gasteiger partial charge in [0.25, 0.3) is 5.78 Å². The van der Waals surface area contributed by atoms with E-state index in [1.165, 1.54) is 28.0 Å². The second-order valence-electron chi connectivity index (χ2n) is 9.98. The van der Waals surface area contributed by atoms with Crippen LogP contribution in [0.15, 0.2) is 101 Å². The van der Waals surface area contributed by atoms with E-state index in [0.29, 0.717) is 37.7 Å². The van der Waals surface area contributed by atoms with E-state index in [4.69, 9.17) is 11.6 Å². The number of benzene rings is 3. The minimum Gasteiger partial charge on any atom is -0.505 e. The molecule has 0 aliphatic carbocycles. The summed E-state index contributed by atoms with van der Waals surface area (Å²) in [6.07, 6.45) is 1.75. The standard InChI is InChI=1S/C32H22ClN5O3S2/c1-18-26(37-15-5-4-14-24(37)34-18)28(39)25-27(20-10-7-12-22(33)16-20)38(30(41)29(25)40)31-35-36-32(43-31)42-17-21-11-6-9-19-8-2-3-13-23(19)21/h2-16,27,39H,17H2,1H3. The first kappa shape index (κ1) is 27.3. The lowest BCUT2D eigenvalue weighted by atomic mass is 9.96. The Bertz CT molecular complexity index is 2100. The minimum atomic E-state index is -0.976. The number of pyridine rings is 1. The summed E-state index contributed by atoms with van der Waals surface area (Å²) in [7, 11) is 0. The molecule has 1 aliphatic rings. The van der Waals surface area contributed by atoms with E-state index in [1.807, 2.05) is 24.3 Å². The molecule has 1 aliphatic heterocycles. The molecule has 1 unspecified atom stereocenters. The fourth-order valence-electron chi connectivity index (χ4n) is 5.46. The Morgan fingerprint density at radius 1 is 1.00 bits per heavy atom. The number of hydrogen-bond donors (Lipinski definition) is 1. The monoisotopic (exact) mass is 623 g/mol. The van der Waals surface area contributed by atoms with Crippen LogP contribution in [0, 0.1) is 6.92 Å². The Labute approximate surface area is 259 Å². The van der Waals surface area contributed by atoms with Gasteiger partial charge in [0.1, 0.15) is 11.3 Å². The zero-order valence-electron chi connectivity index (χ0n) is 22.6. The quantitative estimate of drug-likeness (QED) is 0.0687. The van der Waals surface area contributed by atoms with Crippen molar-refractivity contribution in [2.45, 2.75) is 23.1 Å². The van der Waals surface area contributed by atoms with Gasteiger partial charge in [0.05, 0.1) is 17.3 Å². The number of aliphatic hydroxyl groups is 1. The van der Waals surface area contributed by atoms with E-state index in [1.54, 1.807) is 53.9 Å². The van der Waals surface area contributed by atoms with Crippen LogP contribution >= 0.6 is 34.7 Å². The van der Waals surface area contributed by atoms with Crippen molar-refractivity contribution < 1.29 is 14.7 Å². The summed E-state index contributed by atoms with van der Waals surface area (Å²) in [4.78, 5) is 33.1. The van der Waals surface area contributed by atoms with Crippen LogP contribution in [0.25, 0.3) is 22.2 Å². The van der Waals surface area contributed by atoms with Crippen molar-refractivity contribution in [1.82, 2.24) is 19.6 Å². The molecule has 212 valence electrons. The van der Waals surface area contributed by atoms with Crippen molar-refractivity contribution in [2.24, 2.45) is 0 Å². The molecule has 1 N–H and O–H groups in total. The molecule has 1 atom stereocenters. The van der Waals surface area contributed by atoms with Crippen LogP contribution < -0.4 is 4.90 Å². The Hall–Kier alpha value is -4.51. The predicted octanol–water partition coefficient (Wildman–Crippen LogP) is 7.22. The highest BCUT2D eigenvalue weighted by molar-refractivity contribution is 8.00. The number of carbonyl (C=O) groups is 2. The largest absolute Gasteiger partial charge is 0.505 e. The van der Waals surface area contributed by atoms with Crippen LogP contribution in [0.1, 0.15) is 28.6 Å². The number of amides is 1. The van der Waals surface area contributed by atoms with E-state index in [9.17, 15) is 14.7 Å². The number of aryl methyl sites for hydroxylation is 1. The van der Waals surface area contributed by atoms with Crippen LogP contribution in [0.2, 0.25) is 5.02 Å². The second-order valence-corrected chi connectivity index (χ2v) is 12.6. The molecule has 4 heterocycles. The number of anilines is 1.